The smallest absolute Gasteiger partial charge is 0.335 e. The van der Waals surface area contributed by atoms with Crippen LogP contribution >= 0.6 is 0 Å². The van der Waals surface area contributed by atoms with Gasteiger partial charge in [0.05, 0.1) is 22.4 Å². The number of carboxylic acid groups (broad SMARTS) is 1. The Morgan fingerprint density at radius 3 is 2.12 bits per heavy atom. The number of aromatic carboxylic acids is 1. The normalized spacial score (nSPS) is 11.6. The molecule has 0 saturated carbocycles. The van der Waals surface area contributed by atoms with Gasteiger partial charge in [0, 0.05) is 17.8 Å². The van der Waals surface area contributed by atoms with Crippen molar-refractivity contribution in [2.24, 2.45) is 0 Å². The van der Waals surface area contributed by atoms with E-state index in [-0.39, 0.29) is 22.3 Å². The SMILES string of the molecule is CCNC(=O)C(C(C)=O)=C(c1ccc(C(=O)O)cc1)c1c(C)[nH]n(-c2ccccc2)c1=O. The van der Waals surface area contributed by atoms with E-state index >= 15 is 0 Å². The first-order valence-corrected chi connectivity index (χ1v) is 10.0. The lowest BCUT2D eigenvalue weighted by atomic mass is 9.90. The summed E-state index contributed by atoms with van der Waals surface area (Å²) in [6.45, 7) is 4.95. The van der Waals surface area contributed by atoms with Crippen LogP contribution in [0.3, 0.4) is 0 Å². The fourth-order valence-electron chi connectivity index (χ4n) is 3.49. The van der Waals surface area contributed by atoms with Gasteiger partial charge in [-0.15, -0.1) is 0 Å². The zero-order valence-electron chi connectivity index (χ0n) is 17.9. The Morgan fingerprint density at radius 2 is 1.59 bits per heavy atom. The molecule has 0 radical (unpaired) electrons. The number of aromatic nitrogens is 2. The molecule has 3 aromatic rings. The first-order chi connectivity index (χ1) is 15.3. The molecule has 0 bridgehead atoms. The van der Waals surface area contributed by atoms with Gasteiger partial charge in [-0.25, -0.2) is 9.48 Å². The standard InChI is InChI=1S/C24H23N3O5/c1-4-25-22(29)20(15(3)28)21(16-10-12-17(13-11-16)24(31)32)19-14(2)26-27(23(19)30)18-8-6-5-7-9-18/h5-13,26H,4H2,1-3H3,(H,25,29)(H,31,32). The van der Waals surface area contributed by atoms with Crippen LogP contribution in [0.25, 0.3) is 11.3 Å². The molecule has 164 valence electrons. The van der Waals surface area contributed by atoms with Gasteiger partial charge in [-0.2, -0.15) is 0 Å². The Bertz CT molecular complexity index is 1270. The minimum absolute atomic E-state index is 0.0444. The maximum atomic E-state index is 13.4. The zero-order chi connectivity index (χ0) is 23.4. The van der Waals surface area contributed by atoms with Gasteiger partial charge in [0.15, 0.2) is 5.78 Å². The summed E-state index contributed by atoms with van der Waals surface area (Å²) >= 11 is 0. The lowest BCUT2D eigenvalue weighted by Gasteiger charge is -2.13. The molecule has 0 aliphatic rings. The van der Waals surface area contributed by atoms with Gasteiger partial charge in [0.1, 0.15) is 0 Å². The van der Waals surface area contributed by atoms with Crippen molar-refractivity contribution in [1.82, 2.24) is 15.1 Å². The number of hydrogen-bond acceptors (Lipinski definition) is 4. The van der Waals surface area contributed by atoms with E-state index in [1.54, 1.807) is 38.1 Å². The number of carbonyl (C=O) groups excluding carboxylic acids is 2. The number of H-pyrrole nitrogens is 1. The summed E-state index contributed by atoms with van der Waals surface area (Å²) in [7, 11) is 0. The van der Waals surface area contributed by atoms with Crippen molar-refractivity contribution in [1.29, 1.82) is 0 Å². The quantitative estimate of drug-likeness (QED) is 0.301. The number of carbonyl (C=O) groups is 3. The van der Waals surface area contributed by atoms with Gasteiger partial charge in [-0.05, 0) is 50.6 Å². The fraction of sp³-hybridized carbons (Fsp3) is 0.167. The van der Waals surface area contributed by atoms with Crippen LogP contribution in [0.1, 0.15) is 41.0 Å². The summed E-state index contributed by atoms with van der Waals surface area (Å²) in [6, 6.07) is 14.6. The second-order valence-electron chi connectivity index (χ2n) is 7.14. The van der Waals surface area contributed by atoms with Crippen LogP contribution in [0.4, 0.5) is 0 Å². The number of nitrogens with zero attached hydrogens (tertiary/aromatic N) is 1. The molecule has 0 unspecified atom stereocenters. The monoisotopic (exact) mass is 433 g/mol. The molecule has 3 N–H and O–H groups in total. The molecule has 32 heavy (non-hydrogen) atoms. The van der Waals surface area contributed by atoms with Crippen molar-refractivity contribution in [2.75, 3.05) is 6.54 Å². The third-order valence-electron chi connectivity index (χ3n) is 4.92. The van der Waals surface area contributed by atoms with Crippen molar-refractivity contribution >= 4 is 23.2 Å². The Morgan fingerprint density at radius 1 is 1.00 bits per heavy atom. The Hall–Kier alpha value is -4.20. The highest BCUT2D eigenvalue weighted by atomic mass is 16.4. The van der Waals surface area contributed by atoms with Crippen molar-refractivity contribution in [3.05, 3.63) is 92.9 Å². The Kier molecular flexibility index (Phi) is 6.53. The van der Waals surface area contributed by atoms with Crippen LogP contribution in [-0.4, -0.2) is 39.1 Å². The summed E-state index contributed by atoms with van der Waals surface area (Å²) < 4.78 is 1.34. The molecule has 1 heterocycles. The van der Waals surface area contributed by atoms with E-state index in [1.807, 2.05) is 6.07 Å². The number of amides is 1. The van der Waals surface area contributed by atoms with Gasteiger partial charge < -0.3 is 10.4 Å². The first-order valence-electron chi connectivity index (χ1n) is 10.0. The molecular weight excluding hydrogens is 410 g/mol. The van der Waals surface area contributed by atoms with E-state index in [4.69, 9.17) is 0 Å². The summed E-state index contributed by atoms with van der Waals surface area (Å²) in [6.07, 6.45) is 0. The summed E-state index contributed by atoms with van der Waals surface area (Å²) in [4.78, 5) is 50.2. The zero-order valence-corrected chi connectivity index (χ0v) is 17.9. The van der Waals surface area contributed by atoms with Crippen molar-refractivity contribution in [3.8, 4) is 5.69 Å². The number of likely N-dealkylation sites (N-methyl/N-ethyl adjacent to an activating group) is 1. The van der Waals surface area contributed by atoms with E-state index in [0.717, 1.165) is 0 Å². The third kappa shape index (κ3) is 4.29. The van der Waals surface area contributed by atoms with Crippen LogP contribution in [0, 0.1) is 6.92 Å². The highest BCUT2D eigenvalue weighted by Crippen LogP contribution is 2.28. The number of rotatable bonds is 7. The molecule has 2 aromatic carbocycles. The summed E-state index contributed by atoms with van der Waals surface area (Å²) in [5.41, 5.74) is 1.17. The maximum Gasteiger partial charge on any atom is 0.335 e. The van der Waals surface area contributed by atoms with Crippen LogP contribution in [-0.2, 0) is 9.59 Å². The van der Waals surface area contributed by atoms with Gasteiger partial charge in [0.2, 0.25) is 0 Å². The minimum atomic E-state index is -1.11. The average molecular weight is 433 g/mol. The lowest BCUT2D eigenvalue weighted by molar-refractivity contribution is -0.121. The largest absolute Gasteiger partial charge is 0.478 e. The number of aryl methyl sites for hydroxylation is 1. The highest BCUT2D eigenvalue weighted by molar-refractivity contribution is 6.25. The lowest BCUT2D eigenvalue weighted by Crippen LogP contribution is -2.29. The van der Waals surface area contributed by atoms with E-state index in [1.165, 1.54) is 35.9 Å². The van der Waals surface area contributed by atoms with Crippen LogP contribution < -0.4 is 10.9 Å². The molecule has 1 amide bonds. The summed E-state index contributed by atoms with van der Waals surface area (Å²) in [5, 5.41) is 14.8. The topological polar surface area (TPSA) is 121 Å². The van der Waals surface area contributed by atoms with E-state index in [2.05, 4.69) is 10.4 Å². The third-order valence-corrected chi connectivity index (χ3v) is 4.92. The molecule has 0 fully saturated rings. The number of ketones is 1. The molecule has 3 rings (SSSR count). The van der Waals surface area contributed by atoms with Crippen LogP contribution in [0.5, 0.6) is 0 Å². The number of Topliss-reactive ketones (excluding diaryl/α,β-unsaturated/α-hetero) is 1. The van der Waals surface area contributed by atoms with Gasteiger partial charge >= 0.3 is 5.97 Å². The minimum Gasteiger partial charge on any atom is -0.478 e. The van der Waals surface area contributed by atoms with Crippen molar-refractivity contribution in [3.63, 3.8) is 0 Å². The number of para-hydroxylation sites is 1. The molecular formula is C24H23N3O5. The molecule has 0 spiro atoms. The van der Waals surface area contributed by atoms with Crippen molar-refractivity contribution < 1.29 is 19.5 Å². The number of carboxylic acids is 1. The Balaban J connectivity index is 2.36. The van der Waals surface area contributed by atoms with E-state index in [0.29, 0.717) is 23.5 Å². The summed E-state index contributed by atoms with van der Waals surface area (Å²) in [5.74, 6) is -2.23. The molecule has 1 aromatic heterocycles. The number of benzene rings is 2. The molecule has 0 aliphatic carbocycles. The number of hydrogen-bond donors (Lipinski definition) is 3. The van der Waals surface area contributed by atoms with E-state index in [9.17, 15) is 24.3 Å². The van der Waals surface area contributed by atoms with Crippen LogP contribution in [0.15, 0.2) is 65.0 Å². The van der Waals surface area contributed by atoms with Crippen LogP contribution in [0.2, 0.25) is 0 Å². The first kappa shape index (κ1) is 22.5. The Labute approximate surface area is 184 Å². The second kappa shape index (κ2) is 9.30. The number of nitrogens with one attached hydrogen (secondary N) is 2. The van der Waals surface area contributed by atoms with Gasteiger partial charge in [0.25, 0.3) is 11.5 Å². The molecule has 8 nitrogen and oxygen atoms in total. The molecule has 0 atom stereocenters. The molecule has 0 saturated heterocycles. The van der Waals surface area contributed by atoms with Gasteiger partial charge in [-0.1, -0.05) is 30.3 Å². The predicted molar refractivity (Wildman–Crippen MR) is 120 cm³/mol. The molecule has 8 heteroatoms. The van der Waals surface area contributed by atoms with E-state index < -0.39 is 23.2 Å². The number of aromatic amines is 1. The fourth-order valence-corrected chi connectivity index (χ4v) is 3.49. The maximum absolute atomic E-state index is 13.4. The van der Waals surface area contributed by atoms with Crippen molar-refractivity contribution in [2.45, 2.75) is 20.8 Å². The average Bonchev–Trinajstić information content (AvgIpc) is 3.06. The van der Waals surface area contributed by atoms with Gasteiger partial charge in [-0.3, -0.25) is 19.5 Å². The predicted octanol–water partition coefficient (Wildman–Crippen LogP) is 2.70. The second-order valence-corrected chi connectivity index (χ2v) is 7.14. The highest BCUT2D eigenvalue weighted by Gasteiger charge is 2.27. The molecule has 0 aliphatic heterocycles.